The molecule has 0 unspecified atom stereocenters. The Balaban J connectivity index is 2.32. The molecule has 162 valence electrons. The predicted molar refractivity (Wildman–Crippen MR) is 121 cm³/mol. The maximum Gasteiger partial charge on any atom is 0.343 e. The number of benzene rings is 2. The molecule has 8 heteroatoms. The summed E-state index contributed by atoms with van der Waals surface area (Å²) in [5, 5.41) is 12.3. The Hall–Kier alpha value is -3.31. The van der Waals surface area contributed by atoms with E-state index in [0.29, 0.717) is 33.8 Å². The molecule has 31 heavy (non-hydrogen) atoms. The molecule has 0 spiro atoms. The Morgan fingerprint density at radius 2 is 1.84 bits per heavy atom. The van der Waals surface area contributed by atoms with Gasteiger partial charge in [-0.25, -0.2) is 4.79 Å². The van der Waals surface area contributed by atoms with Gasteiger partial charge in [-0.1, -0.05) is 22.0 Å². The Morgan fingerprint density at radius 3 is 2.45 bits per heavy atom. The van der Waals surface area contributed by atoms with E-state index in [-0.39, 0.29) is 12.2 Å². The van der Waals surface area contributed by atoms with Crippen molar-refractivity contribution >= 4 is 39.6 Å². The number of nitriles is 1. The van der Waals surface area contributed by atoms with E-state index in [1.807, 2.05) is 32.0 Å². The normalized spacial score (nSPS) is 10.8. The number of rotatable bonds is 8. The van der Waals surface area contributed by atoms with Gasteiger partial charge in [-0.15, -0.1) is 0 Å². The number of anilines is 1. The molecule has 1 amide bonds. The highest BCUT2D eigenvalue weighted by atomic mass is 79.9. The van der Waals surface area contributed by atoms with Crippen LogP contribution in [0.1, 0.15) is 23.6 Å². The third kappa shape index (κ3) is 6.59. The molecule has 2 aromatic rings. The van der Waals surface area contributed by atoms with Crippen molar-refractivity contribution < 1.29 is 23.8 Å². The number of aryl methyl sites for hydroxylation is 2. The summed E-state index contributed by atoms with van der Waals surface area (Å²) in [7, 11) is 1.27. The molecule has 0 bridgehead atoms. The van der Waals surface area contributed by atoms with E-state index in [0.717, 1.165) is 11.1 Å². The van der Waals surface area contributed by atoms with Crippen LogP contribution < -0.4 is 14.8 Å². The maximum atomic E-state index is 12.6. The van der Waals surface area contributed by atoms with Crippen LogP contribution in [0.3, 0.4) is 0 Å². The summed E-state index contributed by atoms with van der Waals surface area (Å²) in [6.45, 7) is 5.81. The highest BCUT2D eigenvalue weighted by Gasteiger charge is 2.15. The lowest BCUT2D eigenvalue weighted by molar-refractivity contribution is -0.142. The van der Waals surface area contributed by atoms with Crippen molar-refractivity contribution in [3.05, 3.63) is 57.1 Å². The van der Waals surface area contributed by atoms with Crippen LogP contribution in [0.25, 0.3) is 6.08 Å². The van der Waals surface area contributed by atoms with Gasteiger partial charge in [0.15, 0.2) is 18.1 Å². The van der Waals surface area contributed by atoms with E-state index in [2.05, 4.69) is 26.0 Å². The number of methoxy groups -OCH3 is 1. The van der Waals surface area contributed by atoms with Crippen molar-refractivity contribution in [1.82, 2.24) is 0 Å². The molecule has 0 aliphatic carbocycles. The van der Waals surface area contributed by atoms with Gasteiger partial charge in [0.1, 0.15) is 11.6 Å². The Labute approximate surface area is 189 Å². The van der Waals surface area contributed by atoms with Crippen LogP contribution in [0, 0.1) is 25.2 Å². The second-order valence-corrected chi connectivity index (χ2v) is 7.40. The van der Waals surface area contributed by atoms with E-state index in [4.69, 9.17) is 9.47 Å². The molecule has 0 aliphatic heterocycles. The smallest absolute Gasteiger partial charge is 0.343 e. The summed E-state index contributed by atoms with van der Waals surface area (Å²) < 4.78 is 16.2. The molecule has 1 N–H and O–H groups in total. The summed E-state index contributed by atoms with van der Waals surface area (Å²) in [6, 6.07) is 10.7. The highest BCUT2D eigenvalue weighted by Crippen LogP contribution is 2.35. The van der Waals surface area contributed by atoms with Crippen molar-refractivity contribution in [3.63, 3.8) is 0 Å². The van der Waals surface area contributed by atoms with E-state index in [9.17, 15) is 14.9 Å². The monoisotopic (exact) mass is 486 g/mol. The lowest BCUT2D eigenvalue weighted by Crippen LogP contribution is -2.14. The Kier molecular flexibility index (Phi) is 8.64. The summed E-state index contributed by atoms with van der Waals surface area (Å²) in [5.74, 6) is -0.360. The van der Waals surface area contributed by atoms with E-state index in [1.165, 1.54) is 13.2 Å². The molecule has 7 nitrogen and oxygen atoms in total. The van der Waals surface area contributed by atoms with E-state index in [1.54, 1.807) is 25.1 Å². The fraction of sp³-hybridized carbons (Fsp3) is 0.261. The van der Waals surface area contributed by atoms with Gasteiger partial charge in [0.2, 0.25) is 0 Å². The molecule has 0 saturated heterocycles. The quantitative estimate of drug-likeness (QED) is 0.333. The van der Waals surface area contributed by atoms with Gasteiger partial charge in [0.25, 0.3) is 5.91 Å². The number of carbonyl (C=O) groups excluding carboxylic acids is 2. The fourth-order valence-electron chi connectivity index (χ4n) is 2.56. The molecular weight excluding hydrogens is 464 g/mol. The minimum Gasteiger partial charge on any atom is -0.490 e. The molecule has 2 aromatic carbocycles. The van der Waals surface area contributed by atoms with Gasteiger partial charge in [-0.3, -0.25) is 4.79 Å². The number of amides is 1. The van der Waals surface area contributed by atoms with Crippen molar-refractivity contribution in [2.75, 3.05) is 25.6 Å². The number of carbonyl (C=O) groups is 2. The number of halogens is 1. The minimum atomic E-state index is -0.530. The lowest BCUT2D eigenvalue weighted by atomic mass is 10.1. The number of nitrogens with zero attached hydrogens (tertiary/aromatic N) is 1. The molecule has 0 radical (unpaired) electrons. The highest BCUT2D eigenvalue weighted by molar-refractivity contribution is 9.10. The summed E-state index contributed by atoms with van der Waals surface area (Å²) in [4.78, 5) is 24.0. The van der Waals surface area contributed by atoms with Crippen LogP contribution in [-0.4, -0.2) is 32.2 Å². The Morgan fingerprint density at radius 1 is 1.13 bits per heavy atom. The second kappa shape index (κ2) is 11.2. The van der Waals surface area contributed by atoms with Crippen LogP contribution in [0.2, 0.25) is 0 Å². The molecular formula is C23H23BrN2O5. The number of nitrogens with one attached hydrogen (secondary N) is 1. The zero-order chi connectivity index (χ0) is 23.0. The summed E-state index contributed by atoms with van der Waals surface area (Å²) in [5.41, 5.74) is 3.21. The maximum absolute atomic E-state index is 12.6. The van der Waals surface area contributed by atoms with Crippen molar-refractivity contribution in [2.45, 2.75) is 20.8 Å². The van der Waals surface area contributed by atoms with Gasteiger partial charge in [0, 0.05) is 10.2 Å². The second-order valence-electron chi connectivity index (χ2n) is 6.54. The molecule has 0 heterocycles. The van der Waals surface area contributed by atoms with Gasteiger partial charge in [-0.05, 0) is 67.8 Å². The average molecular weight is 487 g/mol. The number of esters is 1. The molecule has 0 saturated carbocycles. The van der Waals surface area contributed by atoms with Gasteiger partial charge >= 0.3 is 5.97 Å². The standard InChI is InChI=1S/C23H23BrN2O5/c1-5-30-20-10-16(19(24)11-21(20)31-13-22(27)29-4)9-17(12-25)23(28)26-18-7-6-14(2)15(3)8-18/h6-11H,5,13H2,1-4H3,(H,26,28)/b17-9+. The van der Waals surface area contributed by atoms with Crippen molar-refractivity contribution in [1.29, 1.82) is 5.26 Å². The first-order valence-corrected chi connectivity index (χ1v) is 10.2. The fourth-order valence-corrected chi connectivity index (χ4v) is 3.00. The molecule has 0 atom stereocenters. The van der Waals surface area contributed by atoms with Gasteiger partial charge in [-0.2, -0.15) is 5.26 Å². The zero-order valence-electron chi connectivity index (χ0n) is 17.7. The predicted octanol–water partition coefficient (Wildman–Crippen LogP) is 4.56. The number of ether oxygens (including phenoxy) is 3. The van der Waals surface area contributed by atoms with E-state index >= 15 is 0 Å². The average Bonchev–Trinajstić information content (AvgIpc) is 2.74. The van der Waals surface area contributed by atoms with Crippen LogP contribution in [-0.2, 0) is 14.3 Å². The third-order valence-corrected chi connectivity index (χ3v) is 5.05. The largest absolute Gasteiger partial charge is 0.490 e. The van der Waals surface area contributed by atoms with Crippen LogP contribution >= 0.6 is 15.9 Å². The molecule has 0 aromatic heterocycles. The first-order valence-electron chi connectivity index (χ1n) is 9.45. The van der Waals surface area contributed by atoms with E-state index < -0.39 is 11.9 Å². The first-order chi connectivity index (χ1) is 14.8. The molecule has 0 aliphatic rings. The van der Waals surface area contributed by atoms with Crippen molar-refractivity contribution in [3.8, 4) is 17.6 Å². The third-order valence-electron chi connectivity index (χ3n) is 4.37. The number of hydrogen-bond acceptors (Lipinski definition) is 6. The zero-order valence-corrected chi connectivity index (χ0v) is 19.3. The first kappa shape index (κ1) is 24.0. The minimum absolute atomic E-state index is 0.0791. The molecule has 0 fully saturated rings. The van der Waals surface area contributed by atoms with Crippen molar-refractivity contribution in [2.24, 2.45) is 0 Å². The Bertz CT molecular complexity index is 1060. The topological polar surface area (TPSA) is 97.6 Å². The lowest BCUT2D eigenvalue weighted by Gasteiger charge is -2.13. The SMILES string of the molecule is CCOc1cc(/C=C(\C#N)C(=O)Nc2ccc(C)c(C)c2)c(Br)cc1OCC(=O)OC. The van der Waals surface area contributed by atoms with Crippen LogP contribution in [0.5, 0.6) is 11.5 Å². The van der Waals surface area contributed by atoms with Gasteiger partial charge < -0.3 is 19.5 Å². The van der Waals surface area contributed by atoms with Crippen LogP contribution in [0.15, 0.2) is 40.4 Å². The molecule has 2 rings (SSSR count). The van der Waals surface area contributed by atoms with Gasteiger partial charge in [0.05, 0.1) is 13.7 Å². The summed E-state index contributed by atoms with van der Waals surface area (Å²) in [6.07, 6.45) is 1.45. The van der Waals surface area contributed by atoms with Crippen LogP contribution in [0.4, 0.5) is 5.69 Å². The number of hydrogen-bond donors (Lipinski definition) is 1. The summed E-state index contributed by atoms with van der Waals surface area (Å²) >= 11 is 3.41.